The van der Waals surface area contributed by atoms with Gasteiger partial charge in [0.25, 0.3) is 20.2 Å². The molecule has 1 amide bonds. The highest BCUT2D eigenvalue weighted by molar-refractivity contribution is 7.86. The Morgan fingerprint density at radius 2 is 1.71 bits per heavy atom. The molecule has 0 unspecified atom stereocenters. The van der Waals surface area contributed by atoms with Crippen LogP contribution < -0.4 is 5.32 Å². The summed E-state index contributed by atoms with van der Waals surface area (Å²) >= 11 is 0. The van der Waals surface area contributed by atoms with Crippen LogP contribution in [0, 0.1) is 0 Å². The number of carbonyl (C=O) groups excluding carboxylic acids is 1. The van der Waals surface area contributed by atoms with Gasteiger partial charge in [0, 0.05) is 6.92 Å². The third-order valence-electron chi connectivity index (χ3n) is 2.42. The van der Waals surface area contributed by atoms with Crippen LogP contribution in [-0.4, -0.2) is 71.5 Å². The van der Waals surface area contributed by atoms with E-state index in [0.717, 1.165) is 19.4 Å². The van der Waals surface area contributed by atoms with Crippen molar-refractivity contribution in [3.8, 4) is 0 Å². The van der Waals surface area contributed by atoms with Gasteiger partial charge in [-0.05, 0) is 0 Å². The van der Waals surface area contributed by atoms with Gasteiger partial charge in [-0.1, -0.05) is 0 Å². The number of ether oxygens (including phenoxy) is 1. The van der Waals surface area contributed by atoms with Gasteiger partial charge in [-0.15, -0.1) is 0 Å². The van der Waals surface area contributed by atoms with Gasteiger partial charge < -0.3 is 15.2 Å². The van der Waals surface area contributed by atoms with E-state index in [1.165, 1.54) is 0 Å². The van der Waals surface area contributed by atoms with Crippen LogP contribution in [0.25, 0.3) is 0 Å². The number of carbonyl (C=O) groups is 1. The highest BCUT2D eigenvalue weighted by atomic mass is 32.2. The molecule has 0 bridgehead atoms. The molecule has 12 heteroatoms. The van der Waals surface area contributed by atoms with Crippen LogP contribution in [-0.2, 0) is 38.1 Å². The van der Waals surface area contributed by atoms with Crippen molar-refractivity contribution in [3.63, 3.8) is 0 Å². The van der Waals surface area contributed by atoms with Crippen molar-refractivity contribution in [2.75, 3.05) is 19.1 Å². The quantitative estimate of drug-likeness (QED) is 0.517. The van der Waals surface area contributed by atoms with Crippen LogP contribution in [0.5, 0.6) is 0 Å². The summed E-state index contributed by atoms with van der Waals surface area (Å²) in [6.07, 6.45) is -2.92. The summed E-state index contributed by atoms with van der Waals surface area (Å²) < 4.78 is 59.0. The molecule has 1 rings (SSSR count). The minimum absolute atomic E-state index is 0.372. The standard InChI is InChI=1S/C9H17NO9S2/c1-5(11)10-7-6(18-20(2,13)14)4-17-9(12)8(7)19-21(3,15)16/h6-9,12H,4H2,1-3H3,(H,10,11)/t6-,7-,8+,9-/m0/s1. The van der Waals surface area contributed by atoms with E-state index in [0.29, 0.717) is 0 Å². The van der Waals surface area contributed by atoms with Gasteiger partial charge in [0.2, 0.25) is 5.91 Å². The Morgan fingerprint density at radius 3 is 2.14 bits per heavy atom. The molecule has 0 spiro atoms. The molecule has 21 heavy (non-hydrogen) atoms. The largest absolute Gasteiger partial charge is 0.366 e. The minimum Gasteiger partial charge on any atom is -0.366 e. The number of amides is 1. The predicted octanol–water partition coefficient (Wildman–Crippen LogP) is -2.47. The van der Waals surface area contributed by atoms with Crippen molar-refractivity contribution in [3.05, 3.63) is 0 Å². The normalized spacial score (nSPS) is 30.9. The first-order valence-corrected chi connectivity index (χ1v) is 9.35. The van der Waals surface area contributed by atoms with E-state index in [1.54, 1.807) is 0 Å². The Hall–Kier alpha value is -0.790. The van der Waals surface area contributed by atoms with E-state index in [4.69, 9.17) is 8.92 Å². The molecule has 1 heterocycles. The van der Waals surface area contributed by atoms with Crippen LogP contribution in [0.4, 0.5) is 0 Å². The van der Waals surface area contributed by atoms with Crippen molar-refractivity contribution in [2.45, 2.75) is 31.5 Å². The summed E-state index contributed by atoms with van der Waals surface area (Å²) in [5, 5.41) is 12.0. The second-order valence-electron chi connectivity index (χ2n) is 4.55. The van der Waals surface area contributed by atoms with Gasteiger partial charge in [0.15, 0.2) is 12.4 Å². The van der Waals surface area contributed by atoms with E-state index < -0.39 is 50.7 Å². The molecule has 0 aromatic carbocycles. The van der Waals surface area contributed by atoms with Gasteiger partial charge >= 0.3 is 0 Å². The molecular weight excluding hydrogens is 330 g/mol. The van der Waals surface area contributed by atoms with Crippen LogP contribution >= 0.6 is 0 Å². The minimum atomic E-state index is -3.99. The Kier molecular flexibility index (Phi) is 5.69. The van der Waals surface area contributed by atoms with Gasteiger partial charge in [-0.3, -0.25) is 13.2 Å². The van der Waals surface area contributed by atoms with E-state index in [2.05, 4.69) is 9.50 Å². The smallest absolute Gasteiger partial charge is 0.264 e. The Bertz CT molecular complexity index is 584. The molecule has 0 aromatic rings. The Balaban J connectivity index is 3.07. The van der Waals surface area contributed by atoms with Crippen molar-refractivity contribution in [1.82, 2.24) is 5.32 Å². The topological polar surface area (TPSA) is 145 Å². The fourth-order valence-electron chi connectivity index (χ4n) is 1.81. The molecule has 0 saturated carbocycles. The molecule has 1 aliphatic heterocycles. The molecule has 2 N–H and O–H groups in total. The molecule has 1 aliphatic rings. The highest BCUT2D eigenvalue weighted by Crippen LogP contribution is 2.22. The maximum Gasteiger partial charge on any atom is 0.264 e. The van der Waals surface area contributed by atoms with E-state index >= 15 is 0 Å². The molecular formula is C9H17NO9S2. The maximum atomic E-state index is 11.2. The van der Waals surface area contributed by atoms with Gasteiger partial charge in [-0.25, -0.2) is 0 Å². The number of rotatable bonds is 5. The van der Waals surface area contributed by atoms with Crippen LogP contribution in [0.15, 0.2) is 0 Å². The fraction of sp³-hybridized carbons (Fsp3) is 0.889. The third-order valence-corrected chi connectivity index (χ3v) is 3.59. The lowest BCUT2D eigenvalue weighted by Gasteiger charge is -2.39. The predicted molar refractivity (Wildman–Crippen MR) is 69.0 cm³/mol. The van der Waals surface area contributed by atoms with E-state index in [9.17, 15) is 26.7 Å². The van der Waals surface area contributed by atoms with Crippen LogP contribution in [0.1, 0.15) is 6.92 Å². The molecule has 4 atom stereocenters. The van der Waals surface area contributed by atoms with Gasteiger partial charge in [0.1, 0.15) is 6.10 Å². The van der Waals surface area contributed by atoms with Crippen molar-refractivity contribution < 1.29 is 39.8 Å². The zero-order valence-electron chi connectivity index (χ0n) is 11.5. The lowest BCUT2D eigenvalue weighted by Crippen LogP contribution is -2.62. The van der Waals surface area contributed by atoms with E-state index in [-0.39, 0.29) is 6.61 Å². The maximum absolute atomic E-state index is 11.2. The monoisotopic (exact) mass is 347 g/mol. The Labute approximate surface area is 122 Å². The number of hydrogen-bond donors (Lipinski definition) is 2. The summed E-state index contributed by atoms with van der Waals surface area (Å²) in [6, 6.07) is -1.23. The summed E-state index contributed by atoms with van der Waals surface area (Å²) in [5.41, 5.74) is 0. The highest BCUT2D eigenvalue weighted by Gasteiger charge is 2.45. The zero-order chi connectivity index (χ0) is 16.4. The summed E-state index contributed by atoms with van der Waals surface area (Å²) in [6.45, 7) is 0.764. The number of hydrogen-bond acceptors (Lipinski definition) is 9. The molecule has 0 aliphatic carbocycles. The number of nitrogens with one attached hydrogen (secondary N) is 1. The van der Waals surface area contributed by atoms with Crippen molar-refractivity contribution >= 4 is 26.1 Å². The Morgan fingerprint density at radius 1 is 1.19 bits per heavy atom. The average Bonchev–Trinajstić information content (AvgIpc) is 2.23. The van der Waals surface area contributed by atoms with Crippen molar-refractivity contribution in [2.24, 2.45) is 0 Å². The molecule has 124 valence electrons. The molecule has 1 saturated heterocycles. The van der Waals surface area contributed by atoms with Crippen molar-refractivity contribution in [1.29, 1.82) is 0 Å². The molecule has 0 radical (unpaired) electrons. The third kappa shape index (κ3) is 6.23. The second-order valence-corrected chi connectivity index (χ2v) is 7.76. The van der Waals surface area contributed by atoms with E-state index in [1.807, 2.05) is 0 Å². The lowest BCUT2D eigenvalue weighted by atomic mass is 10.0. The number of aliphatic hydroxyl groups excluding tert-OH is 1. The first kappa shape index (κ1) is 18.3. The molecule has 10 nitrogen and oxygen atoms in total. The summed E-state index contributed by atoms with van der Waals surface area (Å²) in [5.74, 6) is -0.585. The van der Waals surface area contributed by atoms with Crippen LogP contribution in [0.2, 0.25) is 0 Å². The van der Waals surface area contributed by atoms with Gasteiger partial charge in [-0.2, -0.15) is 16.8 Å². The zero-order valence-corrected chi connectivity index (χ0v) is 13.2. The lowest BCUT2D eigenvalue weighted by molar-refractivity contribution is -0.210. The SMILES string of the molecule is CC(=O)N[C@@H]1[C@@H](OS(C)(=O)=O)[C@@H](O)OC[C@@H]1OS(C)(=O)=O. The summed E-state index contributed by atoms with van der Waals surface area (Å²) in [4.78, 5) is 11.2. The van der Waals surface area contributed by atoms with Crippen LogP contribution in [0.3, 0.4) is 0 Å². The first-order valence-electron chi connectivity index (χ1n) is 5.72. The average molecular weight is 347 g/mol. The van der Waals surface area contributed by atoms with Gasteiger partial charge in [0.05, 0.1) is 25.2 Å². The number of aliphatic hydroxyl groups is 1. The summed E-state index contributed by atoms with van der Waals surface area (Å²) in [7, 11) is -7.88. The second kappa shape index (κ2) is 6.54. The fourth-order valence-corrected chi connectivity index (χ4v) is 3.05. The molecule has 0 aromatic heterocycles. The first-order chi connectivity index (χ1) is 9.39. The molecule has 1 fully saturated rings.